The molecule has 1 unspecified atom stereocenters. The standard InChI is InChI=1S/C14H17N5O2S/c1-8(19-13(15)17-18-14(19)22-3)12(21)16-11-6-4-10(5-7-11)9(2)20/h4-8H,1-3H3,(H2,15,17)(H,16,21). The van der Waals surface area contributed by atoms with Crippen molar-refractivity contribution in [1.82, 2.24) is 14.8 Å². The quantitative estimate of drug-likeness (QED) is 0.645. The second kappa shape index (κ2) is 6.61. The van der Waals surface area contributed by atoms with Gasteiger partial charge in [0.15, 0.2) is 10.9 Å². The predicted octanol–water partition coefficient (Wildman–Crippen LogP) is 1.98. The van der Waals surface area contributed by atoms with Gasteiger partial charge in [-0.15, -0.1) is 10.2 Å². The van der Waals surface area contributed by atoms with Crippen LogP contribution in [0.3, 0.4) is 0 Å². The summed E-state index contributed by atoms with van der Waals surface area (Å²) in [6, 6.07) is 6.16. The van der Waals surface area contributed by atoms with Gasteiger partial charge in [0.05, 0.1) is 0 Å². The van der Waals surface area contributed by atoms with E-state index in [0.717, 1.165) is 0 Å². The van der Waals surface area contributed by atoms with Crippen molar-refractivity contribution in [3.05, 3.63) is 29.8 Å². The van der Waals surface area contributed by atoms with Crippen LogP contribution >= 0.6 is 11.8 Å². The number of nitrogens with two attached hydrogens (primary N) is 1. The van der Waals surface area contributed by atoms with Crippen LogP contribution in [0.2, 0.25) is 0 Å². The smallest absolute Gasteiger partial charge is 0.247 e. The summed E-state index contributed by atoms with van der Waals surface area (Å²) in [5.74, 6) is -0.0653. The topological polar surface area (TPSA) is 103 Å². The summed E-state index contributed by atoms with van der Waals surface area (Å²) in [5, 5.41) is 11.0. The van der Waals surface area contributed by atoms with E-state index in [1.165, 1.54) is 18.7 Å². The molecule has 3 N–H and O–H groups in total. The Morgan fingerprint density at radius 3 is 2.45 bits per heavy atom. The Labute approximate surface area is 132 Å². The van der Waals surface area contributed by atoms with Crippen molar-refractivity contribution in [3.8, 4) is 0 Å². The van der Waals surface area contributed by atoms with E-state index < -0.39 is 6.04 Å². The van der Waals surface area contributed by atoms with E-state index >= 15 is 0 Å². The van der Waals surface area contributed by atoms with Crippen LogP contribution in [0, 0.1) is 0 Å². The van der Waals surface area contributed by atoms with E-state index in [9.17, 15) is 9.59 Å². The Balaban J connectivity index is 2.14. The molecule has 22 heavy (non-hydrogen) atoms. The third-order valence-electron chi connectivity index (χ3n) is 3.20. The summed E-state index contributed by atoms with van der Waals surface area (Å²) >= 11 is 1.37. The van der Waals surface area contributed by atoms with E-state index in [4.69, 9.17) is 5.73 Å². The average molecular weight is 319 g/mol. The molecule has 0 aliphatic heterocycles. The number of amides is 1. The Morgan fingerprint density at radius 2 is 1.91 bits per heavy atom. The molecule has 1 aromatic heterocycles. The first-order valence-electron chi connectivity index (χ1n) is 6.60. The van der Waals surface area contributed by atoms with Crippen molar-refractivity contribution in [2.75, 3.05) is 17.3 Å². The highest BCUT2D eigenvalue weighted by Crippen LogP contribution is 2.22. The molecule has 0 fully saturated rings. The third kappa shape index (κ3) is 3.28. The molecular formula is C14H17N5O2S. The maximum atomic E-state index is 12.3. The molecular weight excluding hydrogens is 302 g/mol. The van der Waals surface area contributed by atoms with Crippen molar-refractivity contribution in [1.29, 1.82) is 0 Å². The van der Waals surface area contributed by atoms with Gasteiger partial charge >= 0.3 is 0 Å². The van der Waals surface area contributed by atoms with Crippen molar-refractivity contribution in [2.24, 2.45) is 0 Å². The molecule has 1 aromatic carbocycles. The summed E-state index contributed by atoms with van der Waals surface area (Å²) in [4.78, 5) is 23.6. The number of Topliss-reactive ketones (excluding diaryl/α,β-unsaturated/α-hetero) is 1. The van der Waals surface area contributed by atoms with E-state index in [2.05, 4.69) is 15.5 Å². The molecule has 2 aromatic rings. The van der Waals surface area contributed by atoms with Crippen LogP contribution in [0.25, 0.3) is 0 Å². The number of nitrogen functional groups attached to an aromatic ring is 1. The van der Waals surface area contributed by atoms with Gasteiger partial charge in [0.25, 0.3) is 0 Å². The minimum absolute atomic E-state index is 0.0203. The summed E-state index contributed by atoms with van der Waals surface area (Å²) in [6.07, 6.45) is 1.84. The van der Waals surface area contributed by atoms with Crippen molar-refractivity contribution in [2.45, 2.75) is 25.0 Å². The van der Waals surface area contributed by atoms with Crippen LogP contribution in [0.15, 0.2) is 29.4 Å². The number of carbonyl (C=O) groups is 2. The second-order valence-electron chi connectivity index (χ2n) is 4.71. The highest BCUT2D eigenvalue weighted by atomic mass is 32.2. The lowest BCUT2D eigenvalue weighted by Crippen LogP contribution is -2.25. The summed E-state index contributed by atoms with van der Waals surface area (Å²) in [6.45, 7) is 3.22. The number of benzene rings is 1. The van der Waals surface area contributed by atoms with Gasteiger partial charge < -0.3 is 11.1 Å². The minimum Gasteiger partial charge on any atom is -0.368 e. The lowest BCUT2D eigenvalue weighted by Gasteiger charge is -2.16. The first-order valence-corrected chi connectivity index (χ1v) is 7.82. The fraction of sp³-hybridized carbons (Fsp3) is 0.286. The largest absolute Gasteiger partial charge is 0.368 e. The Bertz CT molecular complexity index is 696. The van der Waals surface area contributed by atoms with E-state index in [1.807, 2.05) is 6.26 Å². The third-order valence-corrected chi connectivity index (χ3v) is 3.84. The molecule has 8 heteroatoms. The van der Waals surface area contributed by atoms with Gasteiger partial charge in [-0.3, -0.25) is 14.2 Å². The second-order valence-corrected chi connectivity index (χ2v) is 5.49. The fourth-order valence-corrected chi connectivity index (χ4v) is 2.51. The highest BCUT2D eigenvalue weighted by Gasteiger charge is 2.21. The van der Waals surface area contributed by atoms with Gasteiger partial charge in [-0.25, -0.2) is 0 Å². The fourth-order valence-electron chi connectivity index (χ4n) is 1.94. The molecule has 116 valence electrons. The van der Waals surface area contributed by atoms with Crippen LogP contribution in [0.1, 0.15) is 30.2 Å². The number of aromatic nitrogens is 3. The SMILES string of the molecule is CSc1nnc(N)n1C(C)C(=O)Nc1ccc(C(C)=O)cc1. The van der Waals surface area contributed by atoms with Gasteiger partial charge in [0, 0.05) is 11.3 Å². The molecule has 1 heterocycles. The van der Waals surface area contributed by atoms with Crippen LogP contribution in [-0.4, -0.2) is 32.7 Å². The molecule has 1 atom stereocenters. The number of ketones is 1. The number of rotatable bonds is 5. The number of hydrogen-bond acceptors (Lipinski definition) is 6. The number of anilines is 2. The van der Waals surface area contributed by atoms with Crippen LogP contribution in [-0.2, 0) is 4.79 Å². The molecule has 0 spiro atoms. The lowest BCUT2D eigenvalue weighted by molar-refractivity contribution is -0.118. The number of thioether (sulfide) groups is 1. The van der Waals surface area contributed by atoms with Crippen LogP contribution < -0.4 is 11.1 Å². The molecule has 0 aliphatic rings. The summed E-state index contributed by atoms with van der Waals surface area (Å²) in [5.41, 5.74) is 6.97. The number of nitrogens with zero attached hydrogens (tertiary/aromatic N) is 3. The lowest BCUT2D eigenvalue weighted by atomic mass is 10.1. The van der Waals surface area contributed by atoms with E-state index in [-0.39, 0.29) is 17.6 Å². The molecule has 0 radical (unpaired) electrons. The van der Waals surface area contributed by atoms with Crippen molar-refractivity contribution < 1.29 is 9.59 Å². The molecule has 1 amide bonds. The van der Waals surface area contributed by atoms with Gasteiger partial charge in [0.1, 0.15) is 6.04 Å². The number of hydrogen-bond donors (Lipinski definition) is 2. The molecule has 2 rings (SSSR count). The summed E-state index contributed by atoms with van der Waals surface area (Å²) < 4.78 is 1.57. The van der Waals surface area contributed by atoms with Crippen LogP contribution in [0.5, 0.6) is 0 Å². The summed E-state index contributed by atoms with van der Waals surface area (Å²) in [7, 11) is 0. The maximum Gasteiger partial charge on any atom is 0.247 e. The van der Waals surface area contributed by atoms with E-state index in [0.29, 0.717) is 16.4 Å². The Morgan fingerprint density at radius 1 is 1.27 bits per heavy atom. The van der Waals surface area contributed by atoms with Gasteiger partial charge in [-0.2, -0.15) is 0 Å². The first-order chi connectivity index (χ1) is 10.4. The zero-order valence-electron chi connectivity index (χ0n) is 12.5. The van der Waals surface area contributed by atoms with Gasteiger partial charge in [-0.1, -0.05) is 11.8 Å². The monoisotopic (exact) mass is 319 g/mol. The zero-order valence-corrected chi connectivity index (χ0v) is 13.3. The van der Waals surface area contributed by atoms with Crippen molar-refractivity contribution in [3.63, 3.8) is 0 Å². The molecule has 0 aliphatic carbocycles. The normalized spacial score (nSPS) is 12.0. The molecule has 0 bridgehead atoms. The number of carbonyl (C=O) groups excluding carboxylic acids is 2. The van der Waals surface area contributed by atoms with Crippen LogP contribution in [0.4, 0.5) is 11.6 Å². The molecule has 7 nitrogen and oxygen atoms in total. The average Bonchev–Trinajstić information content (AvgIpc) is 2.87. The Hall–Kier alpha value is -2.35. The first kappa shape index (κ1) is 16.0. The van der Waals surface area contributed by atoms with E-state index in [1.54, 1.807) is 35.8 Å². The van der Waals surface area contributed by atoms with Gasteiger partial charge in [0.2, 0.25) is 11.9 Å². The highest BCUT2D eigenvalue weighted by molar-refractivity contribution is 7.98. The Kier molecular flexibility index (Phi) is 4.81. The number of nitrogens with one attached hydrogen (secondary N) is 1. The molecule has 0 saturated heterocycles. The maximum absolute atomic E-state index is 12.3. The zero-order chi connectivity index (χ0) is 16.3. The van der Waals surface area contributed by atoms with Gasteiger partial charge in [-0.05, 0) is 44.4 Å². The van der Waals surface area contributed by atoms with Crippen molar-refractivity contribution >= 4 is 35.1 Å². The molecule has 0 saturated carbocycles. The predicted molar refractivity (Wildman–Crippen MR) is 86.0 cm³/mol. The minimum atomic E-state index is -0.551.